The van der Waals surface area contributed by atoms with Gasteiger partial charge >= 0.3 is 5.97 Å². The van der Waals surface area contributed by atoms with Crippen molar-refractivity contribution in [3.63, 3.8) is 0 Å². The molecular formula is C10H14ClN3O2. The number of anilines is 1. The lowest BCUT2D eigenvalue weighted by molar-refractivity contribution is 0.0526. The van der Waals surface area contributed by atoms with Crippen LogP contribution in [0.4, 0.5) is 5.82 Å². The van der Waals surface area contributed by atoms with Crippen molar-refractivity contribution in [3.05, 3.63) is 17.0 Å². The van der Waals surface area contributed by atoms with E-state index in [9.17, 15) is 4.79 Å². The van der Waals surface area contributed by atoms with Gasteiger partial charge in [0.05, 0.1) is 6.61 Å². The van der Waals surface area contributed by atoms with Gasteiger partial charge in [-0.05, 0) is 32.4 Å². The second-order valence-electron chi connectivity index (χ2n) is 3.42. The molecule has 1 aromatic heterocycles. The second kappa shape index (κ2) is 5.65. The molecule has 0 fully saturated rings. The van der Waals surface area contributed by atoms with E-state index in [1.807, 2.05) is 13.8 Å². The van der Waals surface area contributed by atoms with E-state index in [1.54, 1.807) is 6.92 Å². The molecule has 0 radical (unpaired) electrons. The van der Waals surface area contributed by atoms with Crippen molar-refractivity contribution in [3.8, 4) is 0 Å². The molecule has 0 aliphatic heterocycles. The first kappa shape index (κ1) is 12.7. The molecule has 1 heterocycles. The summed E-state index contributed by atoms with van der Waals surface area (Å²) in [6.45, 7) is 5.92. The predicted molar refractivity (Wildman–Crippen MR) is 61.8 cm³/mol. The Hall–Kier alpha value is -1.36. The molecule has 0 aromatic carbocycles. The van der Waals surface area contributed by atoms with Crippen molar-refractivity contribution in [2.24, 2.45) is 0 Å². The van der Waals surface area contributed by atoms with Crippen LogP contribution in [0, 0.1) is 0 Å². The fourth-order valence-electron chi connectivity index (χ4n) is 1.10. The first-order chi connectivity index (χ1) is 7.54. The predicted octanol–water partition coefficient (Wildman–Crippen LogP) is 2.13. The summed E-state index contributed by atoms with van der Waals surface area (Å²) in [5.41, 5.74) is 0.292. The number of carbonyl (C=O) groups excluding carboxylic acids is 1. The van der Waals surface area contributed by atoms with E-state index in [0.717, 1.165) is 0 Å². The van der Waals surface area contributed by atoms with Gasteiger partial charge in [0.2, 0.25) is 5.28 Å². The molecule has 0 saturated heterocycles. The minimum Gasteiger partial charge on any atom is -0.462 e. The summed E-state index contributed by atoms with van der Waals surface area (Å²) < 4.78 is 4.89. The van der Waals surface area contributed by atoms with Gasteiger partial charge in [0.15, 0.2) is 0 Å². The van der Waals surface area contributed by atoms with Crippen LogP contribution in [0.2, 0.25) is 5.28 Å². The number of ether oxygens (including phenoxy) is 1. The highest BCUT2D eigenvalue weighted by molar-refractivity contribution is 6.28. The number of halogens is 1. The van der Waals surface area contributed by atoms with Crippen molar-refractivity contribution >= 4 is 23.4 Å². The summed E-state index contributed by atoms with van der Waals surface area (Å²) in [7, 11) is 0. The Balaban J connectivity index is 3.02. The van der Waals surface area contributed by atoms with Crippen molar-refractivity contribution in [2.45, 2.75) is 26.8 Å². The highest BCUT2D eigenvalue weighted by Crippen LogP contribution is 2.16. The largest absolute Gasteiger partial charge is 0.462 e. The number of hydrogen-bond acceptors (Lipinski definition) is 5. The van der Waals surface area contributed by atoms with Gasteiger partial charge in [-0.25, -0.2) is 9.78 Å². The Morgan fingerprint density at radius 1 is 1.62 bits per heavy atom. The lowest BCUT2D eigenvalue weighted by atomic mass is 10.3. The zero-order chi connectivity index (χ0) is 12.1. The first-order valence-electron chi connectivity index (χ1n) is 5.00. The highest BCUT2D eigenvalue weighted by atomic mass is 35.5. The topological polar surface area (TPSA) is 64.1 Å². The second-order valence-corrected chi connectivity index (χ2v) is 3.76. The maximum absolute atomic E-state index is 11.6. The van der Waals surface area contributed by atoms with Crippen LogP contribution in [0.3, 0.4) is 0 Å². The summed E-state index contributed by atoms with van der Waals surface area (Å²) in [6, 6.07) is 0.138. The van der Waals surface area contributed by atoms with Gasteiger partial charge in [0.25, 0.3) is 0 Å². The molecule has 0 aliphatic rings. The van der Waals surface area contributed by atoms with Crippen LogP contribution >= 0.6 is 11.6 Å². The number of aromatic nitrogens is 2. The van der Waals surface area contributed by atoms with E-state index in [4.69, 9.17) is 16.3 Å². The van der Waals surface area contributed by atoms with Crippen LogP contribution in [0.5, 0.6) is 0 Å². The van der Waals surface area contributed by atoms with E-state index in [1.165, 1.54) is 6.20 Å². The highest BCUT2D eigenvalue weighted by Gasteiger charge is 2.15. The summed E-state index contributed by atoms with van der Waals surface area (Å²) in [5.74, 6) is -0.0595. The summed E-state index contributed by atoms with van der Waals surface area (Å²) in [6.07, 6.45) is 1.36. The Kier molecular flexibility index (Phi) is 4.49. The van der Waals surface area contributed by atoms with Gasteiger partial charge in [0, 0.05) is 12.2 Å². The van der Waals surface area contributed by atoms with Crippen LogP contribution in [0.15, 0.2) is 6.20 Å². The van der Waals surface area contributed by atoms with Crippen LogP contribution < -0.4 is 5.32 Å². The van der Waals surface area contributed by atoms with Crippen molar-refractivity contribution in [2.75, 3.05) is 11.9 Å². The van der Waals surface area contributed by atoms with Gasteiger partial charge in [-0.1, -0.05) is 0 Å². The molecule has 0 bridgehead atoms. The number of nitrogens with zero attached hydrogens (tertiary/aromatic N) is 2. The van der Waals surface area contributed by atoms with Gasteiger partial charge in [-0.2, -0.15) is 4.98 Å². The molecule has 0 atom stereocenters. The molecule has 0 amide bonds. The zero-order valence-electron chi connectivity index (χ0n) is 9.45. The average Bonchev–Trinajstić information content (AvgIpc) is 2.16. The average molecular weight is 244 g/mol. The fourth-order valence-corrected chi connectivity index (χ4v) is 1.24. The SMILES string of the molecule is CCOC(=O)c1cnc(Cl)nc1NC(C)C. The van der Waals surface area contributed by atoms with Crippen molar-refractivity contribution in [1.82, 2.24) is 9.97 Å². The van der Waals surface area contributed by atoms with Gasteiger partial charge < -0.3 is 10.1 Å². The molecule has 0 unspecified atom stereocenters. The lowest BCUT2D eigenvalue weighted by Gasteiger charge is -2.12. The number of rotatable bonds is 4. The first-order valence-corrected chi connectivity index (χ1v) is 5.38. The van der Waals surface area contributed by atoms with E-state index in [0.29, 0.717) is 18.0 Å². The molecular weight excluding hydrogens is 230 g/mol. The number of hydrogen-bond donors (Lipinski definition) is 1. The van der Waals surface area contributed by atoms with E-state index < -0.39 is 5.97 Å². The van der Waals surface area contributed by atoms with Gasteiger partial charge in [0.1, 0.15) is 11.4 Å². The molecule has 16 heavy (non-hydrogen) atoms. The molecule has 0 spiro atoms. The molecule has 1 N–H and O–H groups in total. The number of nitrogens with one attached hydrogen (secondary N) is 1. The molecule has 6 heteroatoms. The third kappa shape index (κ3) is 3.34. The summed E-state index contributed by atoms with van der Waals surface area (Å²) >= 11 is 5.67. The summed E-state index contributed by atoms with van der Waals surface area (Å²) in [4.78, 5) is 19.3. The van der Waals surface area contributed by atoms with E-state index in [2.05, 4.69) is 15.3 Å². The van der Waals surface area contributed by atoms with E-state index >= 15 is 0 Å². The number of esters is 1. The van der Waals surface area contributed by atoms with Crippen molar-refractivity contribution in [1.29, 1.82) is 0 Å². The van der Waals surface area contributed by atoms with E-state index in [-0.39, 0.29) is 11.3 Å². The minimum absolute atomic E-state index is 0.0937. The Morgan fingerprint density at radius 2 is 2.31 bits per heavy atom. The molecule has 88 valence electrons. The smallest absolute Gasteiger partial charge is 0.343 e. The van der Waals surface area contributed by atoms with Gasteiger partial charge in [-0.15, -0.1) is 0 Å². The maximum atomic E-state index is 11.6. The van der Waals surface area contributed by atoms with Gasteiger partial charge in [-0.3, -0.25) is 0 Å². The number of carbonyl (C=O) groups is 1. The molecule has 0 aliphatic carbocycles. The van der Waals surface area contributed by atoms with Crippen molar-refractivity contribution < 1.29 is 9.53 Å². The Morgan fingerprint density at radius 3 is 2.88 bits per heavy atom. The Bertz CT molecular complexity index is 382. The molecule has 1 aromatic rings. The molecule has 1 rings (SSSR count). The minimum atomic E-state index is -0.456. The normalized spacial score (nSPS) is 10.3. The quantitative estimate of drug-likeness (QED) is 0.648. The molecule has 0 saturated carbocycles. The third-order valence-corrected chi connectivity index (χ3v) is 1.86. The molecule has 5 nitrogen and oxygen atoms in total. The zero-order valence-corrected chi connectivity index (χ0v) is 10.2. The van der Waals surface area contributed by atoms with Crippen LogP contribution in [-0.2, 0) is 4.74 Å². The Labute approximate surface area is 99.2 Å². The monoisotopic (exact) mass is 243 g/mol. The third-order valence-electron chi connectivity index (χ3n) is 1.68. The summed E-state index contributed by atoms with van der Waals surface area (Å²) in [5, 5.41) is 3.11. The standard InChI is InChI=1S/C10H14ClN3O2/c1-4-16-9(15)7-5-12-10(11)14-8(7)13-6(2)3/h5-6H,4H2,1-3H3,(H,12,13,14). The van der Waals surface area contributed by atoms with Crippen LogP contribution in [0.1, 0.15) is 31.1 Å². The fraction of sp³-hybridized carbons (Fsp3) is 0.500. The van der Waals surface area contributed by atoms with Crippen LogP contribution in [0.25, 0.3) is 0 Å². The maximum Gasteiger partial charge on any atom is 0.343 e. The lowest BCUT2D eigenvalue weighted by Crippen LogP contribution is -2.16. The van der Waals surface area contributed by atoms with Crippen LogP contribution in [-0.4, -0.2) is 28.6 Å².